The molecule has 2 N–H and O–H groups in total. The van der Waals surface area contributed by atoms with Gasteiger partial charge in [-0.3, -0.25) is 4.79 Å². The van der Waals surface area contributed by atoms with Crippen LogP contribution in [0.2, 0.25) is 0 Å². The molecule has 1 aliphatic rings. The molecule has 0 aliphatic carbocycles. The molecule has 32 heavy (non-hydrogen) atoms. The number of aliphatic imine (C=N–C) groups is 1. The number of carbonyl (C=O) groups excluding carboxylic acids is 2. The van der Waals surface area contributed by atoms with E-state index >= 15 is 0 Å². The summed E-state index contributed by atoms with van der Waals surface area (Å²) in [6, 6.07) is 7.90. The number of carbonyl (C=O) groups is 2. The van der Waals surface area contributed by atoms with Crippen molar-refractivity contribution in [1.29, 1.82) is 0 Å². The third-order valence-electron chi connectivity index (χ3n) is 4.93. The zero-order chi connectivity index (χ0) is 23.7. The second-order valence-electron chi connectivity index (χ2n) is 9.03. The first-order valence-corrected chi connectivity index (χ1v) is 10.9. The Morgan fingerprint density at radius 1 is 1.22 bits per heavy atom. The number of ether oxygens (including phenoxy) is 2. The standard InChI is InChI=1S/C23H37N5O4/c1-23(2,3)32-22(30)26-18-12-14-28(16-18)21(25-15-20(29)27(4)5)24-13-11-17-7-9-19(31-6)10-8-17/h7-10,18H,11-16H2,1-6H3,(H,24,25)(H,26,30). The molecule has 0 radical (unpaired) electrons. The minimum absolute atomic E-state index is 0.0389. The summed E-state index contributed by atoms with van der Waals surface area (Å²) < 4.78 is 10.6. The van der Waals surface area contributed by atoms with Gasteiger partial charge in [-0.25, -0.2) is 9.79 Å². The van der Waals surface area contributed by atoms with E-state index in [9.17, 15) is 9.59 Å². The number of amides is 2. The maximum Gasteiger partial charge on any atom is 0.407 e. The summed E-state index contributed by atoms with van der Waals surface area (Å²) in [5.74, 6) is 1.43. The van der Waals surface area contributed by atoms with E-state index in [0.717, 1.165) is 25.1 Å². The normalized spacial score (nSPS) is 16.5. The van der Waals surface area contributed by atoms with Crippen LogP contribution in [0, 0.1) is 0 Å². The van der Waals surface area contributed by atoms with Crippen molar-refractivity contribution < 1.29 is 19.1 Å². The van der Waals surface area contributed by atoms with Crippen LogP contribution in [0.5, 0.6) is 5.75 Å². The highest BCUT2D eigenvalue weighted by atomic mass is 16.6. The second-order valence-corrected chi connectivity index (χ2v) is 9.03. The molecule has 0 aromatic heterocycles. The highest BCUT2D eigenvalue weighted by molar-refractivity contribution is 5.85. The number of guanidine groups is 1. The number of hydrogen-bond donors (Lipinski definition) is 2. The lowest BCUT2D eigenvalue weighted by Crippen LogP contribution is -2.45. The van der Waals surface area contributed by atoms with Gasteiger partial charge in [-0.2, -0.15) is 0 Å². The van der Waals surface area contributed by atoms with Crippen molar-refractivity contribution in [1.82, 2.24) is 20.4 Å². The van der Waals surface area contributed by atoms with E-state index in [4.69, 9.17) is 9.47 Å². The summed E-state index contributed by atoms with van der Waals surface area (Å²) in [6.07, 6.45) is 1.16. The predicted octanol–water partition coefficient (Wildman–Crippen LogP) is 1.87. The van der Waals surface area contributed by atoms with Gasteiger partial charge in [-0.15, -0.1) is 0 Å². The third kappa shape index (κ3) is 8.64. The molecular formula is C23H37N5O4. The Morgan fingerprint density at radius 2 is 1.91 bits per heavy atom. The van der Waals surface area contributed by atoms with Crippen molar-refractivity contribution in [2.75, 3.05) is 47.4 Å². The summed E-state index contributed by atoms with van der Waals surface area (Å²) in [5.41, 5.74) is 0.637. The van der Waals surface area contributed by atoms with Gasteiger partial charge in [-0.1, -0.05) is 12.1 Å². The summed E-state index contributed by atoms with van der Waals surface area (Å²) in [4.78, 5) is 32.3. The smallest absolute Gasteiger partial charge is 0.407 e. The number of methoxy groups -OCH3 is 1. The average molecular weight is 448 g/mol. The zero-order valence-electron chi connectivity index (χ0n) is 20.1. The maximum absolute atomic E-state index is 12.1. The first-order valence-electron chi connectivity index (χ1n) is 10.9. The summed E-state index contributed by atoms with van der Waals surface area (Å²) in [6.45, 7) is 7.58. The fourth-order valence-corrected chi connectivity index (χ4v) is 3.21. The Hall–Kier alpha value is -2.97. The Morgan fingerprint density at radius 3 is 2.50 bits per heavy atom. The van der Waals surface area contributed by atoms with Gasteiger partial charge in [-0.05, 0) is 51.3 Å². The van der Waals surface area contributed by atoms with Crippen LogP contribution in [0.25, 0.3) is 0 Å². The summed E-state index contributed by atoms with van der Waals surface area (Å²) >= 11 is 0. The number of likely N-dealkylation sites (N-methyl/N-ethyl adjacent to an activating group) is 1. The van der Waals surface area contributed by atoms with Crippen LogP contribution in [-0.2, 0) is 16.0 Å². The van der Waals surface area contributed by atoms with Crippen molar-refractivity contribution in [2.24, 2.45) is 4.99 Å². The minimum Gasteiger partial charge on any atom is -0.497 e. The van der Waals surface area contributed by atoms with Crippen molar-refractivity contribution in [3.63, 3.8) is 0 Å². The highest BCUT2D eigenvalue weighted by Gasteiger charge is 2.28. The molecule has 9 nitrogen and oxygen atoms in total. The largest absolute Gasteiger partial charge is 0.497 e. The SMILES string of the molecule is COc1ccc(CCNC(=NCC(=O)N(C)C)N2CCC(NC(=O)OC(C)(C)C)C2)cc1. The Bertz CT molecular complexity index is 787. The predicted molar refractivity (Wildman–Crippen MR) is 125 cm³/mol. The van der Waals surface area contributed by atoms with Crippen molar-refractivity contribution in [3.05, 3.63) is 29.8 Å². The molecule has 1 heterocycles. The van der Waals surface area contributed by atoms with Gasteiger partial charge in [0.25, 0.3) is 0 Å². The molecule has 2 rings (SSSR count). The van der Waals surface area contributed by atoms with E-state index in [-0.39, 0.29) is 18.5 Å². The molecule has 1 aromatic carbocycles. The van der Waals surface area contributed by atoms with Crippen molar-refractivity contribution in [3.8, 4) is 5.75 Å². The highest BCUT2D eigenvalue weighted by Crippen LogP contribution is 2.13. The van der Waals surface area contributed by atoms with Gasteiger partial charge in [0, 0.05) is 33.7 Å². The number of rotatable bonds is 7. The molecule has 1 aromatic rings. The first kappa shape index (κ1) is 25.3. The summed E-state index contributed by atoms with van der Waals surface area (Å²) in [5, 5.41) is 6.30. The number of benzene rings is 1. The van der Waals surface area contributed by atoms with Gasteiger partial charge in [0.1, 0.15) is 17.9 Å². The lowest BCUT2D eigenvalue weighted by atomic mass is 10.1. The van der Waals surface area contributed by atoms with Crippen molar-refractivity contribution in [2.45, 2.75) is 45.3 Å². The molecule has 1 unspecified atom stereocenters. The van der Waals surface area contributed by atoms with Gasteiger partial charge in [0.05, 0.1) is 13.2 Å². The van der Waals surface area contributed by atoms with Gasteiger partial charge >= 0.3 is 6.09 Å². The average Bonchev–Trinajstić information content (AvgIpc) is 3.17. The maximum atomic E-state index is 12.1. The van der Waals surface area contributed by atoms with E-state index in [2.05, 4.69) is 20.5 Å². The van der Waals surface area contributed by atoms with Gasteiger partial charge in [0.15, 0.2) is 5.96 Å². The number of nitrogens with zero attached hydrogens (tertiary/aromatic N) is 3. The number of likely N-dealkylation sites (tertiary alicyclic amines) is 1. The lowest BCUT2D eigenvalue weighted by molar-refractivity contribution is -0.127. The second kappa shape index (κ2) is 11.6. The lowest BCUT2D eigenvalue weighted by Gasteiger charge is -2.24. The molecule has 0 saturated carbocycles. The van der Waals surface area contributed by atoms with E-state index < -0.39 is 11.7 Å². The van der Waals surface area contributed by atoms with Crippen LogP contribution in [0.3, 0.4) is 0 Å². The van der Waals surface area contributed by atoms with E-state index in [1.54, 1.807) is 21.2 Å². The number of alkyl carbamates (subject to hydrolysis) is 1. The van der Waals surface area contributed by atoms with Crippen LogP contribution in [0.15, 0.2) is 29.3 Å². The monoisotopic (exact) mass is 447 g/mol. The quantitative estimate of drug-likeness (QED) is 0.489. The molecule has 1 fully saturated rings. The first-order chi connectivity index (χ1) is 15.1. The molecule has 9 heteroatoms. The minimum atomic E-state index is -0.537. The molecular weight excluding hydrogens is 410 g/mol. The van der Waals surface area contributed by atoms with Crippen LogP contribution >= 0.6 is 0 Å². The zero-order valence-corrected chi connectivity index (χ0v) is 20.1. The fraction of sp³-hybridized carbons (Fsp3) is 0.609. The van der Waals surface area contributed by atoms with Gasteiger partial charge < -0.3 is 29.9 Å². The third-order valence-corrected chi connectivity index (χ3v) is 4.93. The van der Waals surface area contributed by atoms with Crippen LogP contribution in [0.1, 0.15) is 32.8 Å². The number of hydrogen-bond acceptors (Lipinski definition) is 5. The van der Waals surface area contributed by atoms with Crippen LogP contribution in [-0.4, -0.2) is 86.8 Å². The Balaban J connectivity index is 1.96. The Kier molecular flexibility index (Phi) is 9.16. The van der Waals surface area contributed by atoms with E-state index in [0.29, 0.717) is 19.0 Å². The number of nitrogens with one attached hydrogen (secondary N) is 2. The Labute approximate surface area is 191 Å². The molecule has 1 atom stereocenters. The topological polar surface area (TPSA) is 95.5 Å². The van der Waals surface area contributed by atoms with Crippen LogP contribution in [0.4, 0.5) is 4.79 Å². The van der Waals surface area contributed by atoms with E-state index in [1.165, 1.54) is 10.5 Å². The molecule has 1 saturated heterocycles. The molecule has 178 valence electrons. The molecule has 2 amide bonds. The molecule has 0 bridgehead atoms. The summed E-state index contributed by atoms with van der Waals surface area (Å²) in [7, 11) is 5.08. The molecule has 0 spiro atoms. The van der Waals surface area contributed by atoms with Gasteiger partial charge in [0.2, 0.25) is 5.91 Å². The molecule has 1 aliphatic heterocycles. The van der Waals surface area contributed by atoms with Crippen molar-refractivity contribution >= 4 is 18.0 Å². The van der Waals surface area contributed by atoms with Crippen LogP contribution < -0.4 is 15.4 Å². The fourth-order valence-electron chi connectivity index (χ4n) is 3.21. The van der Waals surface area contributed by atoms with E-state index in [1.807, 2.05) is 45.0 Å².